The van der Waals surface area contributed by atoms with Crippen LogP contribution >= 0.6 is 0 Å². The fourth-order valence-corrected chi connectivity index (χ4v) is 1.86. The second-order valence-electron chi connectivity index (χ2n) is 4.59. The molecule has 0 saturated heterocycles. The summed E-state index contributed by atoms with van der Waals surface area (Å²) >= 11 is 0. The molecule has 2 aromatic rings. The monoisotopic (exact) mass is 284 g/mol. The average Bonchev–Trinajstić information content (AvgIpc) is 2.49. The number of nitrogens with one attached hydrogen (secondary N) is 2. The Morgan fingerprint density at radius 3 is 2.57 bits per heavy atom. The summed E-state index contributed by atoms with van der Waals surface area (Å²) < 4.78 is 5.74. The third-order valence-corrected chi connectivity index (χ3v) is 2.88. The van der Waals surface area contributed by atoms with Crippen LogP contribution in [0.2, 0.25) is 0 Å². The maximum atomic E-state index is 11.8. The Kier molecular flexibility index (Phi) is 5.79. The maximum absolute atomic E-state index is 11.8. The number of para-hydroxylation sites is 1. The van der Waals surface area contributed by atoms with Crippen LogP contribution in [-0.4, -0.2) is 19.0 Å². The van der Waals surface area contributed by atoms with E-state index in [2.05, 4.69) is 10.6 Å². The first kappa shape index (κ1) is 15.1. The lowest BCUT2D eigenvalue weighted by molar-refractivity contribution is -0.116. The van der Waals surface area contributed by atoms with Gasteiger partial charge in [-0.25, -0.2) is 0 Å². The summed E-state index contributed by atoms with van der Waals surface area (Å²) in [5.74, 6) is 1.46. The molecule has 2 rings (SSSR count). The predicted molar refractivity (Wildman–Crippen MR) is 84.7 cm³/mol. The molecule has 21 heavy (non-hydrogen) atoms. The van der Waals surface area contributed by atoms with Gasteiger partial charge >= 0.3 is 0 Å². The van der Waals surface area contributed by atoms with Gasteiger partial charge in [-0.15, -0.1) is 0 Å². The van der Waals surface area contributed by atoms with Crippen LogP contribution < -0.4 is 15.4 Å². The molecule has 0 bridgehead atoms. The first-order valence-corrected chi connectivity index (χ1v) is 7.11. The minimum atomic E-state index is -0.00666. The predicted octanol–water partition coefficient (Wildman–Crippen LogP) is 3.42. The lowest BCUT2D eigenvalue weighted by atomic mass is 10.2. The zero-order chi connectivity index (χ0) is 14.9. The average molecular weight is 284 g/mol. The van der Waals surface area contributed by atoms with Gasteiger partial charge in [0.25, 0.3) is 0 Å². The normalized spacial score (nSPS) is 10.1. The zero-order valence-electron chi connectivity index (χ0n) is 12.1. The molecule has 0 aliphatic rings. The topological polar surface area (TPSA) is 50.4 Å². The van der Waals surface area contributed by atoms with E-state index in [1.54, 1.807) is 0 Å². The highest BCUT2D eigenvalue weighted by Gasteiger charge is 2.03. The first-order valence-electron chi connectivity index (χ1n) is 7.11. The van der Waals surface area contributed by atoms with Crippen LogP contribution in [-0.2, 0) is 4.79 Å². The summed E-state index contributed by atoms with van der Waals surface area (Å²) in [6, 6.07) is 16.9. The zero-order valence-corrected chi connectivity index (χ0v) is 12.1. The van der Waals surface area contributed by atoms with Crippen molar-refractivity contribution in [3.63, 3.8) is 0 Å². The Bertz CT molecular complexity index is 570. The Hall–Kier alpha value is -2.33. The van der Waals surface area contributed by atoms with E-state index in [1.807, 2.05) is 61.5 Å². The summed E-state index contributed by atoms with van der Waals surface area (Å²) in [6.45, 7) is 3.57. The van der Waals surface area contributed by atoms with Crippen molar-refractivity contribution in [3.8, 4) is 11.5 Å². The van der Waals surface area contributed by atoms with Gasteiger partial charge < -0.3 is 15.4 Å². The molecule has 0 aliphatic heterocycles. The number of carbonyl (C=O) groups excluding carboxylic acids is 1. The highest BCUT2D eigenvalue weighted by molar-refractivity contribution is 5.91. The third-order valence-electron chi connectivity index (χ3n) is 2.88. The molecule has 0 aliphatic carbocycles. The lowest BCUT2D eigenvalue weighted by Crippen LogP contribution is -2.21. The standard InChI is InChI=1S/C17H20N2O2/c1-2-18-12-11-17(20)19-14-7-6-10-16(13-14)21-15-8-4-3-5-9-15/h3-10,13,18H,2,11-12H2,1H3,(H,19,20). The molecule has 2 aromatic carbocycles. The number of hydrogen-bond acceptors (Lipinski definition) is 3. The van der Waals surface area contributed by atoms with Crippen molar-refractivity contribution in [1.82, 2.24) is 5.32 Å². The highest BCUT2D eigenvalue weighted by Crippen LogP contribution is 2.23. The van der Waals surface area contributed by atoms with Crippen molar-refractivity contribution in [2.45, 2.75) is 13.3 Å². The SMILES string of the molecule is CCNCCC(=O)Nc1cccc(Oc2ccccc2)c1. The molecule has 1 amide bonds. The van der Waals surface area contributed by atoms with Crippen molar-refractivity contribution in [2.24, 2.45) is 0 Å². The highest BCUT2D eigenvalue weighted by atomic mass is 16.5. The quantitative estimate of drug-likeness (QED) is 0.766. The number of ether oxygens (including phenoxy) is 1. The van der Waals surface area contributed by atoms with Crippen LogP contribution in [0.15, 0.2) is 54.6 Å². The summed E-state index contributed by atoms with van der Waals surface area (Å²) in [4.78, 5) is 11.8. The van der Waals surface area contributed by atoms with E-state index in [-0.39, 0.29) is 5.91 Å². The summed E-state index contributed by atoms with van der Waals surface area (Å²) in [5, 5.41) is 5.99. The molecule has 0 atom stereocenters. The number of rotatable bonds is 7. The van der Waals surface area contributed by atoms with Gasteiger partial charge in [0.1, 0.15) is 11.5 Å². The van der Waals surface area contributed by atoms with E-state index in [0.29, 0.717) is 18.7 Å². The van der Waals surface area contributed by atoms with Crippen molar-refractivity contribution >= 4 is 11.6 Å². The van der Waals surface area contributed by atoms with Gasteiger partial charge in [-0.3, -0.25) is 4.79 Å². The third kappa shape index (κ3) is 5.28. The van der Waals surface area contributed by atoms with Gasteiger partial charge in [-0.2, -0.15) is 0 Å². The maximum Gasteiger partial charge on any atom is 0.225 e. The van der Waals surface area contributed by atoms with Crippen LogP contribution in [0.3, 0.4) is 0 Å². The molecule has 0 saturated carbocycles. The van der Waals surface area contributed by atoms with Crippen molar-refractivity contribution in [1.29, 1.82) is 0 Å². The van der Waals surface area contributed by atoms with E-state index in [0.717, 1.165) is 18.0 Å². The molecular formula is C17H20N2O2. The largest absolute Gasteiger partial charge is 0.457 e. The lowest BCUT2D eigenvalue weighted by Gasteiger charge is -2.09. The van der Waals surface area contributed by atoms with Gasteiger partial charge in [-0.05, 0) is 30.8 Å². The molecule has 2 N–H and O–H groups in total. The van der Waals surface area contributed by atoms with Crippen LogP contribution in [0.4, 0.5) is 5.69 Å². The second-order valence-corrected chi connectivity index (χ2v) is 4.59. The van der Waals surface area contributed by atoms with Crippen molar-refractivity contribution < 1.29 is 9.53 Å². The van der Waals surface area contributed by atoms with Gasteiger partial charge in [-0.1, -0.05) is 31.2 Å². The van der Waals surface area contributed by atoms with Crippen LogP contribution in [0, 0.1) is 0 Å². The number of benzene rings is 2. The second kappa shape index (κ2) is 8.07. The van der Waals surface area contributed by atoms with Crippen LogP contribution in [0.5, 0.6) is 11.5 Å². The molecule has 0 unspecified atom stereocenters. The Balaban J connectivity index is 1.93. The minimum Gasteiger partial charge on any atom is -0.457 e. The molecule has 0 fully saturated rings. The molecule has 4 heteroatoms. The molecule has 110 valence electrons. The molecule has 4 nitrogen and oxygen atoms in total. The summed E-state index contributed by atoms with van der Waals surface area (Å²) in [7, 11) is 0. The Morgan fingerprint density at radius 2 is 1.81 bits per heavy atom. The van der Waals surface area contributed by atoms with Gasteiger partial charge in [0.05, 0.1) is 0 Å². The van der Waals surface area contributed by atoms with Crippen molar-refractivity contribution in [3.05, 3.63) is 54.6 Å². The summed E-state index contributed by atoms with van der Waals surface area (Å²) in [5.41, 5.74) is 0.741. The fourth-order valence-electron chi connectivity index (χ4n) is 1.86. The van der Waals surface area contributed by atoms with Crippen LogP contribution in [0.1, 0.15) is 13.3 Å². The molecular weight excluding hydrogens is 264 g/mol. The number of anilines is 1. The van der Waals surface area contributed by atoms with Gasteiger partial charge in [0.15, 0.2) is 0 Å². The minimum absolute atomic E-state index is 0.00666. The van der Waals surface area contributed by atoms with Crippen LogP contribution in [0.25, 0.3) is 0 Å². The van der Waals surface area contributed by atoms with Crippen molar-refractivity contribution in [2.75, 3.05) is 18.4 Å². The van der Waals surface area contributed by atoms with E-state index in [4.69, 9.17) is 4.74 Å². The Morgan fingerprint density at radius 1 is 1.05 bits per heavy atom. The smallest absolute Gasteiger partial charge is 0.225 e. The number of hydrogen-bond donors (Lipinski definition) is 2. The summed E-state index contributed by atoms with van der Waals surface area (Å²) in [6.07, 6.45) is 0.456. The Labute approximate surface area is 125 Å². The number of carbonyl (C=O) groups is 1. The van der Waals surface area contributed by atoms with E-state index in [9.17, 15) is 4.79 Å². The molecule has 0 heterocycles. The molecule has 0 aromatic heterocycles. The van der Waals surface area contributed by atoms with Gasteiger partial charge in [0, 0.05) is 24.7 Å². The molecule has 0 spiro atoms. The molecule has 0 radical (unpaired) electrons. The van der Waals surface area contributed by atoms with E-state index < -0.39 is 0 Å². The first-order chi connectivity index (χ1) is 10.3. The number of amides is 1. The van der Waals surface area contributed by atoms with Gasteiger partial charge in [0.2, 0.25) is 5.91 Å². The fraction of sp³-hybridized carbons (Fsp3) is 0.235. The van der Waals surface area contributed by atoms with E-state index in [1.165, 1.54) is 0 Å². The van der Waals surface area contributed by atoms with E-state index >= 15 is 0 Å².